The minimum atomic E-state index is 0.931. The van der Waals surface area contributed by atoms with E-state index in [2.05, 4.69) is 107 Å². The fourth-order valence-corrected chi connectivity index (χ4v) is 4.27. The maximum absolute atomic E-state index is 4.55. The van der Waals surface area contributed by atoms with E-state index in [0.29, 0.717) is 0 Å². The second kappa shape index (κ2) is 9.01. The van der Waals surface area contributed by atoms with Crippen molar-refractivity contribution in [1.29, 1.82) is 0 Å². The van der Waals surface area contributed by atoms with E-state index in [1.165, 1.54) is 33.3 Å². The van der Waals surface area contributed by atoms with Crippen molar-refractivity contribution >= 4 is 11.0 Å². The smallest absolute Gasteiger partial charge is 0.0958 e. The van der Waals surface area contributed by atoms with Gasteiger partial charge in [0, 0.05) is 6.54 Å². The van der Waals surface area contributed by atoms with Crippen LogP contribution in [-0.2, 0) is 25.8 Å². The standard InChI is InChI=1S/C29H26N2/c1-3-9-23(10-4-1)19-25-15-16-26(27(21-25)20-24-11-5-2-6-12-24)17-18-31-22-30-28-13-7-8-14-29(28)31/h1-16,21-22H,17-20H2. The van der Waals surface area contributed by atoms with Crippen LogP contribution in [0.25, 0.3) is 11.0 Å². The van der Waals surface area contributed by atoms with Gasteiger partial charge in [0.15, 0.2) is 0 Å². The molecule has 1 heterocycles. The molecule has 4 aromatic carbocycles. The highest BCUT2D eigenvalue weighted by atomic mass is 15.0. The van der Waals surface area contributed by atoms with Crippen molar-refractivity contribution in [1.82, 2.24) is 9.55 Å². The van der Waals surface area contributed by atoms with Crippen LogP contribution in [0, 0.1) is 0 Å². The van der Waals surface area contributed by atoms with Gasteiger partial charge in [-0.3, -0.25) is 0 Å². The Labute approximate surface area is 183 Å². The largest absolute Gasteiger partial charge is 0.330 e. The molecule has 0 spiro atoms. The molecule has 2 heteroatoms. The summed E-state index contributed by atoms with van der Waals surface area (Å²) in [4.78, 5) is 4.55. The summed E-state index contributed by atoms with van der Waals surface area (Å²) < 4.78 is 2.26. The van der Waals surface area contributed by atoms with Crippen molar-refractivity contribution in [3.8, 4) is 0 Å². The summed E-state index contributed by atoms with van der Waals surface area (Å²) >= 11 is 0. The summed E-state index contributed by atoms with van der Waals surface area (Å²) in [7, 11) is 0. The number of benzene rings is 4. The molecule has 5 aromatic rings. The molecule has 31 heavy (non-hydrogen) atoms. The zero-order valence-corrected chi connectivity index (χ0v) is 17.6. The number of rotatable bonds is 7. The van der Waals surface area contributed by atoms with Gasteiger partial charge in [-0.25, -0.2) is 4.98 Å². The lowest BCUT2D eigenvalue weighted by Gasteiger charge is -2.14. The molecule has 0 saturated carbocycles. The normalized spacial score (nSPS) is 11.1. The van der Waals surface area contributed by atoms with Gasteiger partial charge in [0.25, 0.3) is 0 Å². The van der Waals surface area contributed by atoms with E-state index in [9.17, 15) is 0 Å². The molecular weight excluding hydrogens is 376 g/mol. The van der Waals surface area contributed by atoms with Crippen molar-refractivity contribution in [3.05, 3.63) is 137 Å². The van der Waals surface area contributed by atoms with Crippen molar-refractivity contribution in [2.75, 3.05) is 0 Å². The van der Waals surface area contributed by atoms with E-state index in [-0.39, 0.29) is 0 Å². The Bertz CT molecular complexity index is 1270. The Kier molecular flexibility index (Phi) is 5.62. The number of imidazole rings is 1. The number of aryl methyl sites for hydroxylation is 2. The molecule has 0 N–H and O–H groups in total. The molecule has 0 radical (unpaired) electrons. The molecule has 0 amide bonds. The minimum absolute atomic E-state index is 0.931. The Morgan fingerprint density at radius 1 is 0.581 bits per heavy atom. The van der Waals surface area contributed by atoms with Crippen LogP contribution >= 0.6 is 0 Å². The molecule has 0 aliphatic carbocycles. The summed E-state index contributed by atoms with van der Waals surface area (Å²) in [6.45, 7) is 0.931. The average Bonchev–Trinajstić information content (AvgIpc) is 3.23. The molecule has 5 rings (SSSR count). The van der Waals surface area contributed by atoms with Crippen molar-refractivity contribution in [2.45, 2.75) is 25.8 Å². The molecular formula is C29H26N2. The summed E-state index contributed by atoms with van der Waals surface area (Å²) in [6.07, 6.45) is 4.89. The number of nitrogens with zero attached hydrogens (tertiary/aromatic N) is 2. The predicted octanol–water partition coefficient (Wildman–Crippen LogP) is 6.46. The van der Waals surface area contributed by atoms with Gasteiger partial charge in [0.05, 0.1) is 17.4 Å². The van der Waals surface area contributed by atoms with E-state index in [4.69, 9.17) is 0 Å². The summed E-state index contributed by atoms with van der Waals surface area (Å²) in [5.41, 5.74) is 9.17. The van der Waals surface area contributed by atoms with Crippen LogP contribution in [0.5, 0.6) is 0 Å². The second-order valence-electron chi connectivity index (χ2n) is 8.10. The Morgan fingerprint density at radius 2 is 1.26 bits per heavy atom. The van der Waals surface area contributed by atoms with Gasteiger partial charge in [-0.15, -0.1) is 0 Å². The van der Waals surface area contributed by atoms with Gasteiger partial charge < -0.3 is 4.57 Å². The number of fused-ring (bicyclic) bond motifs is 1. The van der Waals surface area contributed by atoms with Crippen molar-refractivity contribution in [3.63, 3.8) is 0 Å². The van der Waals surface area contributed by atoms with Crippen LogP contribution < -0.4 is 0 Å². The topological polar surface area (TPSA) is 17.8 Å². The average molecular weight is 403 g/mol. The third kappa shape index (κ3) is 4.59. The van der Waals surface area contributed by atoms with Crippen molar-refractivity contribution < 1.29 is 0 Å². The van der Waals surface area contributed by atoms with Crippen LogP contribution in [-0.4, -0.2) is 9.55 Å². The molecule has 0 unspecified atom stereocenters. The van der Waals surface area contributed by atoms with Crippen LogP contribution in [0.4, 0.5) is 0 Å². The first kappa shape index (κ1) is 19.3. The SMILES string of the molecule is c1ccc(Cc2ccc(CCn3cnc4ccccc43)c(Cc3ccccc3)c2)cc1. The quantitative estimate of drug-likeness (QED) is 0.305. The van der Waals surface area contributed by atoms with Gasteiger partial charge >= 0.3 is 0 Å². The highest BCUT2D eigenvalue weighted by molar-refractivity contribution is 5.74. The predicted molar refractivity (Wildman–Crippen MR) is 128 cm³/mol. The van der Waals surface area contributed by atoms with Gasteiger partial charge in [0.1, 0.15) is 0 Å². The third-order valence-electron chi connectivity index (χ3n) is 5.91. The second-order valence-corrected chi connectivity index (χ2v) is 8.10. The lowest BCUT2D eigenvalue weighted by atomic mass is 9.93. The first-order valence-corrected chi connectivity index (χ1v) is 10.9. The van der Waals surface area contributed by atoms with E-state index in [0.717, 1.165) is 31.3 Å². The van der Waals surface area contributed by atoms with E-state index < -0.39 is 0 Å². The third-order valence-corrected chi connectivity index (χ3v) is 5.91. The van der Waals surface area contributed by atoms with Gasteiger partial charge in [-0.05, 0) is 59.2 Å². The summed E-state index contributed by atoms with van der Waals surface area (Å²) in [5, 5.41) is 0. The lowest BCUT2D eigenvalue weighted by Crippen LogP contribution is -2.04. The van der Waals surface area contributed by atoms with Crippen molar-refractivity contribution in [2.24, 2.45) is 0 Å². The summed E-state index contributed by atoms with van der Waals surface area (Å²) in [6, 6.07) is 36.9. The summed E-state index contributed by atoms with van der Waals surface area (Å²) in [5.74, 6) is 0. The molecule has 0 bridgehead atoms. The molecule has 0 aliphatic heterocycles. The first-order valence-electron chi connectivity index (χ1n) is 10.9. The zero-order valence-electron chi connectivity index (χ0n) is 17.6. The fourth-order valence-electron chi connectivity index (χ4n) is 4.27. The van der Waals surface area contributed by atoms with Crippen LogP contribution in [0.15, 0.2) is 109 Å². The molecule has 0 fully saturated rings. The highest BCUT2D eigenvalue weighted by Crippen LogP contribution is 2.21. The van der Waals surface area contributed by atoms with Crippen LogP contribution in [0.1, 0.15) is 27.8 Å². The number of aromatic nitrogens is 2. The lowest BCUT2D eigenvalue weighted by molar-refractivity contribution is 0.711. The maximum Gasteiger partial charge on any atom is 0.0958 e. The number of hydrogen-bond donors (Lipinski definition) is 0. The Hall–Kier alpha value is -3.65. The maximum atomic E-state index is 4.55. The van der Waals surface area contributed by atoms with Crippen LogP contribution in [0.2, 0.25) is 0 Å². The highest BCUT2D eigenvalue weighted by Gasteiger charge is 2.08. The molecule has 1 aromatic heterocycles. The Balaban J connectivity index is 1.42. The fraction of sp³-hybridized carbons (Fsp3) is 0.138. The van der Waals surface area contributed by atoms with Gasteiger partial charge in [-0.1, -0.05) is 91.0 Å². The zero-order chi connectivity index (χ0) is 20.9. The molecule has 2 nitrogen and oxygen atoms in total. The molecule has 152 valence electrons. The molecule has 0 aliphatic rings. The molecule has 0 atom stereocenters. The Morgan fingerprint density at radius 3 is 2.03 bits per heavy atom. The van der Waals surface area contributed by atoms with E-state index >= 15 is 0 Å². The van der Waals surface area contributed by atoms with Gasteiger partial charge in [-0.2, -0.15) is 0 Å². The number of hydrogen-bond acceptors (Lipinski definition) is 1. The van der Waals surface area contributed by atoms with E-state index in [1.807, 2.05) is 12.4 Å². The van der Waals surface area contributed by atoms with E-state index in [1.54, 1.807) is 0 Å². The first-order chi connectivity index (χ1) is 15.3. The minimum Gasteiger partial charge on any atom is -0.330 e. The van der Waals surface area contributed by atoms with Gasteiger partial charge in [0.2, 0.25) is 0 Å². The van der Waals surface area contributed by atoms with Crippen LogP contribution in [0.3, 0.4) is 0 Å². The monoisotopic (exact) mass is 402 g/mol. The molecule has 0 saturated heterocycles. The number of para-hydroxylation sites is 2.